The fourth-order valence-corrected chi connectivity index (χ4v) is 3.47. The highest BCUT2D eigenvalue weighted by molar-refractivity contribution is 6.30. The van der Waals surface area contributed by atoms with Gasteiger partial charge in [0, 0.05) is 17.2 Å². The van der Waals surface area contributed by atoms with E-state index in [4.69, 9.17) is 22.2 Å². The van der Waals surface area contributed by atoms with Crippen LogP contribution in [0.4, 0.5) is 4.39 Å². The van der Waals surface area contributed by atoms with Crippen molar-refractivity contribution < 1.29 is 9.13 Å². The molecule has 3 N–H and O–H groups in total. The molecule has 1 atom stereocenters. The molecule has 0 bridgehead atoms. The Balaban J connectivity index is 2.35. The van der Waals surface area contributed by atoms with Crippen molar-refractivity contribution >= 4 is 11.6 Å². The summed E-state index contributed by atoms with van der Waals surface area (Å²) < 4.78 is 20.4. The van der Waals surface area contributed by atoms with Gasteiger partial charge in [-0.05, 0) is 50.7 Å². The van der Waals surface area contributed by atoms with Crippen LogP contribution in [-0.2, 0) is 4.74 Å². The Kier molecular flexibility index (Phi) is 5.60. The topological polar surface area (TPSA) is 47.3 Å². The van der Waals surface area contributed by atoms with E-state index < -0.39 is 5.60 Å². The van der Waals surface area contributed by atoms with Crippen molar-refractivity contribution in [1.82, 2.24) is 5.43 Å². The lowest BCUT2D eigenvalue weighted by atomic mass is 9.73. The molecule has 2 rings (SSSR count). The summed E-state index contributed by atoms with van der Waals surface area (Å²) in [4.78, 5) is 0. The first kappa shape index (κ1) is 16.7. The first-order valence-electron chi connectivity index (χ1n) is 7.57. The molecule has 0 aromatic heterocycles. The van der Waals surface area contributed by atoms with Gasteiger partial charge in [-0.3, -0.25) is 5.84 Å². The Morgan fingerprint density at radius 3 is 2.67 bits per heavy atom. The molecule has 1 saturated carbocycles. The van der Waals surface area contributed by atoms with E-state index in [1.54, 1.807) is 12.1 Å². The van der Waals surface area contributed by atoms with Gasteiger partial charge in [-0.1, -0.05) is 24.6 Å². The molecule has 1 fully saturated rings. The maximum Gasteiger partial charge on any atom is 0.129 e. The summed E-state index contributed by atoms with van der Waals surface area (Å²) in [5.74, 6) is 6.09. The van der Waals surface area contributed by atoms with Crippen molar-refractivity contribution in [1.29, 1.82) is 0 Å². The number of hydrogen-bond acceptors (Lipinski definition) is 3. The molecular weight excluding hydrogens is 291 g/mol. The van der Waals surface area contributed by atoms with Crippen LogP contribution in [0.1, 0.15) is 51.1 Å². The number of rotatable bonds is 5. The lowest BCUT2D eigenvalue weighted by molar-refractivity contribution is -0.0983. The first-order chi connectivity index (χ1) is 10.0. The molecule has 1 aromatic carbocycles. The molecular formula is C16H24ClFN2O. The molecule has 0 amide bonds. The molecule has 1 aliphatic rings. The standard InChI is InChI=1S/C16H24ClFN2O/c1-3-21-16(8-6-11(2)7-9-16)15(20-19)13-5-4-12(17)10-14(13)18/h4-5,10-11,15,20H,3,6-9,19H2,1-2H3. The van der Waals surface area contributed by atoms with E-state index in [1.807, 2.05) is 6.92 Å². The minimum atomic E-state index is -0.454. The van der Waals surface area contributed by atoms with E-state index in [2.05, 4.69) is 12.3 Å². The third kappa shape index (κ3) is 3.57. The van der Waals surface area contributed by atoms with Gasteiger partial charge in [0.1, 0.15) is 5.82 Å². The third-order valence-electron chi connectivity index (χ3n) is 4.52. The van der Waals surface area contributed by atoms with Crippen molar-refractivity contribution in [2.75, 3.05) is 6.61 Å². The number of hydrogen-bond donors (Lipinski definition) is 2. The average molecular weight is 315 g/mol. The molecule has 1 aromatic rings. The predicted molar refractivity (Wildman–Crippen MR) is 83.5 cm³/mol. The Labute approximate surface area is 131 Å². The quantitative estimate of drug-likeness (QED) is 0.638. The Morgan fingerprint density at radius 1 is 1.48 bits per heavy atom. The van der Waals surface area contributed by atoms with Gasteiger partial charge in [0.15, 0.2) is 0 Å². The Morgan fingerprint density at radius 2 is 2.14 bits per heavy atom. The van der Waals surface area contributed by atoms with E-state index in [0.29, 0.717) is 23.1 Å². The zero-order valence-corrected chi connectivity index (χ0v) is 13.4. The van der Waals surface area contributed by atoms with Gasteiger partial charge in [-0.2, -0.15) is 0 Å². The highest BCUT2D eigenvalue weighted by atomic mass is 35.5. The highest BCUT2D eigenvalue weighted by Gasteiger charge is 2.43. The fourth-order valence-electron chi connectivity index (χ4n) is 3.32. The smallest absolute Gasteiger partial charge is 0.129 e. The maximum atomic E-state index is 14.3. The molecule has 5 heteroatoms. The van der Waals surface area contributed by atoms with Crippen LogP contribution in [0.25, 0.3) is 0 Å². The van der Waals surface area contributed by atoms with Crippen molar-refractivity contribution in [3.63, 3.8) is 0 Å². The van der Waals surface area contributed by atoms with E-state index in [0.717, 1.165) is 25.7 Å². The number of nitrogens with one attached hydrogen (secondary N) is 1. The summed E-state index contributed by atoms with van der Waals surface area (Å²) in [7, 11) is 0. The first-order valence-corrected chi connectivity index (χ1v) is 7.95. The zero-order valence-electron chi connectivity index (χ0n) is 12.7. The number of halogens is 2. The third-order valence-corrected chi connectivity index (χ3v) is 4.75. The summed E-state index contributed by atoms with van der Waals surface area (Å²) in [6, 6.07) is 4.34. The van der Waals surface area contributed by atoms with Crippen molar-refractivity contribution in [3.05, 3.63) is 34.6 Å². The van der Waals surface area contributed by atoms with Crippen LogP contribution in [0.5, 0.6) is 0 Å². The van der Waals surface area contributed by atoms with Gasteiger partial charge in [-0.25, -0.2) is 9.82 Å². The van der Waals surface area contributed by atoms with Gasteiger partial charge < -0.3 is 4.74 Å². The fraction of sp³-hybridized carbons (Fsp3) is 0.625. The van der Waals surface area contributed by atoms with Gasteiger partial charge in [0.2, 0.25) is 0 Å². The van der Waals surface area contributed by atoms with Crippen LogP contribution in [-0.4, -0.2) is 12.2 Å². The lowest BCUT2D eigenvalue weighted by Gasteiger charge is -2.44. The molecule has 0 heterocycles. The van der Waals surface area contributed by atoms with Gasteiger partial charge in [-0.15, -0.1) is 0 Å². The van der Waals surface area contributed by atoms with E-state index in [9.17, 15) is 4.39 Å². The average Bonchev–Trinajstić information content (AvgIpc) is 2.45. The second-order valence-corrected chi connectivity index (χ2v) is 6.38. The number of benzene rings is 1. The number of nitrogens with two attached hydrogens (primary N) is 1. The van der Waals surface area contributed by atoms with Gasteiger partial charge in [0.05, 0.1) is 11.6 Å². The molecule has 0 saturated heterocycles. The largest absolute Gasteiger partial charge is 0.373 e. The monoisotopic (exact) mass is 314 g/mol. The van der Waals surface area contributed by atoms with E-state index >= 15 is 0 Å². The highest BCUT2D eigenvalue weighted by Crippen LogP contribution is 2.43. The second kappa shape index (κ2) is 7.05. The molecule has 0 spiro atoms. The molecule has 3 nitrogen and oxygen atoms in total. The molecule has 1 aliphatic carbocycles. The van der Waals surface area contributed by atoms with Crippen molar-refractivity contribution in [3.8, 4) is 0 Å². The second-order valence-electron chi connectivity index (χ2n) is 5.95. The van der Waals surface area contributed by atoms with Gasteiger partial charge in [0.25, 0.3) is 0 Å². The zero-order chi connectivity index (χ0) is 15.5. The molecule has 118 valence electrons. The summed E-state index contributed by atoms with van der Waals surface area (Å²) in [5, 5.41) is 0.384. The van der Waals surface area contributed by atoms with Crippen LogP contribution in [0.2, 0.25) is 5.02 Å². The van der Waals surface area contributed by atoms with Crippen LogP contribution >= 0.6 is 11.6 Å². The van der Waals surface area contributed by atoms with Crippen LogP contribution in [0, 0.1) is 11.7 Å². The predicted octanol–water partition coefficient (Wildman–Crippen LogP) is 3.97. The molecule has 21 heavy (non-hydrogen) atoms. The van der Waals surface area contributed by atoms with E-state index in [-0.39, 0.29) is 11.9 Å². The SMILES string of the molecule is CCOC1(C(NN)c2ccc(Cl)cc2F)CCC(C)CC1. The summed E-state index contributed by atoms with van der Waals surface area (Å²) in [6.07, 6.45) is 3.87. The van der Waals surface area contributed by atoms with Gasteiger partial charge >= 0.3 is 0 Å². The molecule has 0 aliphatic heterocycles. The van der Waals surface area contributed by atoms with E-state index in [1.165, 1.54) is 6.07 Å². The van der Waals surface area contributed by atoms with Crippen molar-refractivity contribution in [2.24, 2.45) is 11.8 Å². The Bertz CT molecular complexity index is 475. The number of hydrazine groups is 1. The maximum absolute atomic E-state index is 14.3. The summed E-state index contributed by atoms with van der Waals surface area (Å²) in [5.41, 5.74) is 2.85. The summed E-state index contributed by atoms with van der Waals surface area (Å²) in [6.45, 7) is 4.79. The van der Waals surface area contributed by atoms with Crippen LogP contribution in [0.15, 0.2) is 18.2 Å². The van der Waals surface area contributed by atoms with Crippen LogP contribution in [0.3, 0.4) is 0 Å². The molecule has 0 radical (unpaired) electrons. The Hall–Kier alpha value is -0.680. The lowest BCUT2D eigenvalue weighted by Crippen LogP contribution is -2.50. The minimum Gasteiger partial charge on any atom is -0.373 e. The minimum absolute atomic E-state index is 0.344. The van der Waals surface area contributed by atoms with Crippen molar-refractivity contribution in [2.45, 2.75) is 51.2 Å². The number of ether oxygens (including phenoxy) is 1. The molecule has 1 unspecified atom stereocenters. The van der Waals surface area contributed by atoms with Crippen LogP contribution < -0.4 is 11.3 Å². The summed E-state index contributed by atoms with van der Waals surface area (Å²) >= 11 is 5.84. The normalized spacial score (nSPS) is 27.6.